The maximum atomic E-state index is 13.9. The van der Waals surface area contributed by atoms with Gasteiger partial charge in [-0.2, -0.15) is 0 Å². The van der Waals surface area contributed by atoms with Crippen LogP contribution in [0.5, 0.6) is 0 Å². The first-order valence-corrected chi connectivity index (χ1v) is 8.68. The summed E-state index contributed by atoms with van der Waals surface area (Å²) in [4.78, 5) is 0. The third-order valence-corrected chi connectivity index (χ3v) is 5.99. The van der Waals surface area contributed by atoms with E-state index in [1.165, 1.54) is 6.07 Å². The predicted octanol–water partition coefficient (Wildman–Crippen LogP) is 6.89. The van der Waals surface area contributed by atoms with Crippen LogP contribution in [0, 0.1) is 5.82 Å². The number of alkyl halides is 1. The van der Waals surface area contributed by atoms with Crippen LogP contribution < -0.4 is 0 Å². The van der Waals surface area contributed by atoms with Gasteiger partial charge in [-0.15, -0.1) is 22.9 Å². The van der Waals surface area contributed by atoms with Gasteiger partial charge in [0.1, 0.15) is 5.82 Å². The summed E-state index contributed by atoms with van der Waals surface area (Å²) in [6.07, 6.45) is 0. The van der Waals surface area contributed by atoms with Gasteiger partial charge in [0.2, 0.25) is 0 Å². The normalized spacial score (nSPS) is 12.8. The van der Waals surface area contributed by atoms with Crippen LogP contribution in [0.15, 0.2) is 50.0 Å². The molecule has 0 nitrogen and oxygen atoms in total. The lowest BCUT2D eigenvalue weighted by molar-refractivity contribution is 0.639. The van der Waals surface area contributed by atoms with Crippen molar-refractivity contribution in [2.45, 2.75) is 5.38 Å². The molecule has 0 aliphatic rings. The molecule has 0 N–H and O–H groups in total. The van der Waals surface area contributed by atoms with Gasteiger partial charge in [-0.05, 0) is 54.9 Å². The van der Waals surface area contributed by atoms with E-state index >= 15 is 0 Å². The van der Waals surface area contributed by atoms with Crippen molar-refractivity contribution < 1.29 is 4.39 Å². The van der Waals surface area contributed by atoms with Crippen molar-refractivity contribution in [1.29, 1.82) is 0 Å². The Bertz CT molecular complexity index is 785. The van der Waals surface area contributed by atoms with Gasteiger partial charge < -0.3 is 0 Å². The summed E-state index contributed by atoms with van der Waals surface area (Å²) in [6, 6.07) is 12.6. The van der Waals surface area contributed by atoms with Crippen molar-refractivity contribution in [3.63, 3.8) is 0 Å². The summed E-state index contributed by atoms with van der Waals surface area (Å²) in [6.45, 7) is 0. The Balaban J connectivity index is 2.20. The largest absolute Gasteiger partial charge is 0.206 e. The molecule has 0 saturated heterocycles. The van der Waals surface area contributed by atoms with Crippen molar-refractivity contribution in [2.75, 3.05) is 0 Å². The van der Waals surface area contributed by atoms with E-state index in [4.69, 9.17) is 11.6 Å². The molecule has 2 aromatic carbocycles. The molecular weight excluding hydrogens is 426 g/mol. The van der Waals surface area contributed by atoms with E-state index in [2.05, 4.69) is 31.9 Å². The van der Waals surface area contributed by atoms with Gasteiger partial charge in [0.05, 0.1) is 12.9 Å². The highest BCUT2D eigenvalue weighted by Gasteiger charge is 2.19. The molecule has 0 radical (unpaired) electrons. The minimum absolute atomic E-state index is 0.223. The first kappa shape index (κ1) is 14.5. The molecule has 0 aliphatic carbocycles. The first-order chi connectivity index (χ1) is 9.58. The number of hydrogen-bond donors (Lipinski definition) is 0. The Morgan fingerprint density at radius 2 is 1.70 bits per heavy atom. The van der Waals surface area contributed by atoms with Gasteiger partial charge in [-0.3, -0.25) is 0 Å². The highest BCUT2D eigenvalue weighted by atomic mass is 79.9. The Morgan fingerprint density at radius 3 is 2.35 bits per heavy atom. The fraction of sp³-hybridized carbons (Fsp3) is 0.0667. The van der Waals surface area contributed by atoms with E-state index < -0.39 is 0 Å². The number of halogens is 4. The lowest BCUT2D eigenvalue weighted by Gasteiger charge is -2.13. The van der Waals surface area contributed by atoms with Crippen LogP contribution in [-0.4, -0.2) is 0 Å². The summed E-state index contributed by atoms with van der Waals surface area (Å²) in [5, 5.41) is 1.13. The molecule has 1 aromatic heterocycles. The number of hydrogen-bond acceptors (Lipinski definition) is 1. The molecule has 3 rings (SSSR count). The SMILES string of the molecule is Fc1ccc(C(Cl)c2cc(Br)sc2Br)c2ccccc12. The lowest BCUT2D eigenvalue weighted by Crippen LogP contribution is -1.95. The maximum Gasteiger partial charge on any atom is 0.131 e. The highest BCUT2D eigenvalue weighted by Crippen LogP contribution is 2.42. The van der Waals surface area contributed by atoms with Crippen LogP contribution in [0.25, 0.3) is 10.8 Å². The van der Waals surface area contributed by atoms with E-state index in [0.717, 1.165) is 24.1 Å². The predicted molar refractivity (Wildman–Crippen MR) is 91.3 cm³/mol. The number of thiophene rings is 1. The quantitative estimate of drug-likeness (QED) is 0.385. The molecule has 0 fully saturated rings. The Labute approximate surface area is 141 Å². The van der Waals surface area contributed by atoms with E-state index in [0.29, 0.717) is 5.39 Å². The molecule has 0 amide bonds. The van der Waals surface area contributed by atoms with E-state index in [1.54, 1.807) is 23.5 Å². The van der Waals surface area contributed by atoms with Gasteiger partial charge in [0, 0.05) is 10.9 Å². The van der Waals surface area contributed by atoms with Crippen molar-refractivity contribution in [1.82, 2.24) is 0 Å². The molecule has 102 valence electrons. The topological polar surface area (TPSA) is 0 Å². The molecule has 0 spiro atoms. The molecule has 20 heavy (non-hydrogen) atoms. The first-order valence-electron chi connectivity index (χ1n) is 5.84. The molecular formula is C15H8Br2ClFS. The average molecular weight is 435 g/mol. The summed E-state index contributed by atoms with van der Waals surface area (Å²) >= 11 is 15.2. The molecule has 1 heterocycles. The molecule has 1 unspecified atom stereocenters. The highest BCUT2D eigenvalue weighted by molar-refractivity contribution is 9.12. The second kappa shape index (κ2) is 5.76. The minimum Gasteiger partial charge on any atom is -0.206 e. The standard InChI is InChI=1S/C15H8Br2ClFS/c16-13-7-11(15(17)20-13)14(18)10-5-6-12(19)9-4-2-1-3-8(9)10/h1-7,14H. The molecule has 0 aliphatic heterocycles. The zero-order chi connectivity index (χ0) is 14.3. The second-order valence-corrected chi connectivity index (χ2v) is 8.51. The third kappa shape index (κ3) is 2.54. The second-order valence-electron chi connectivity index (χ2n) is 4.32. The zero-order valence-electron chi connectivity index (χ0n) is 10.0. The molecule has 3 aromatic rings. The summed E-state index contributed by atoms with van der Waals surface area (Å²) in [5.41, 5.74) is 1.90. The maximum absolute atomic E-state index is 13.9. The number of fused-ring (bicyclic) bond motifs is 1. The van der Waals surface area contributed by atoms with Gasteiger partial charge in [0.15, 0.2) is 0 Å². The Morgan fingerprint density at radius 1 is 1.00 bits per heavy atom. The van der Waals surface area contributed by atoms with Crippen LogP contribution in [0.2, 0.25) is 0 Å². The van der Waals surface area contributed by atoms with Crippen LogP contribution in [0.3, 0.4) is 0 Å². The summed E-state index contributed by atoms with van der Waals surface area (Å²) in [7, 11) is 0. The van der Waals surface area contributed by atoms with Gasteiger partial charge in [-0.25, -0.2) is 4.39 Å². The van der Waals surface area contributed by atoms with Crippen LogP contribution in [0.1, 0.15) is 16.5 Å². The van der Waals surface area contributed by atoms with Gasteiger partial charge in [-0.1, -0.05) is 30.3 Å². The summed E-state index contributed by atoms with van der Waals surface area (Å²) < 4.78 is 15.9. The number of benzene rings is 2. The van der Waals surface area contributed by atoms with Crippen molar-refractivity contribution in [3.05, 3.63) is 67.0 Å². The van der Waals surface area contributed by atoms with Gasteiger partial charge in [0.25, 0.3) is 0 Å². The third-order valence-electron chi connectivity index (χ3n) is 3.13. The van der Waals surface area contributed by atoms with Gasteiger partial charge >= 0.3 is 0 Å². The molecule has 1 atom stereocenters. The minimum atomic E-state index is -0.322. The molecule has 0 saturated carbocycles. The van der Waals surface area contributed by atoms with Crippen molar-refractivity contribution in [3.8, 4) is 0 Å². The van der Waals surface area contributed by atoms with E-state index in [-0.39, 0.29) is 11.2 Å². The van der Waals surface area contributed by atoms with Crippen LogP contribution in [-0.2, 0) is 0 Å². The fourth-order valence-corrected chi connectivity index (χ4v) is 5.66. The monoisotopic (exact) mass is 432 g/mol. The van der Waals surface area contributed by atoms with Crippen molar-refractivity contribution >= 4 is 65.6 Å². The Hall–Kier alpha value is -0.420. The van der Waals surface area contributed by atoms with Crippen molar-refractivity contribution in [2.24, 2.45) is 0 Å². The fourth-order valence-electron chi connectivity index (χ4n) is 2.20. The number of rotatable bonds is 2. The average Bonchev–Trinajstić information content (AvgIpc) is 2.78. The van der Waals surface area contributed by atoms with Crippen LogP contribution in [0.4, 0.5) is 4.39 Å². The zero-order valence-corrected chi connectivity index (χ0v) is 14.8. The molecule has 5 heteroatoms. The lowest BCUT2D eigenvalue weighted by atomic mass is 9.99. The summed E-state index contributed by atoms with van der Waals surface area (Å²) in [5.74, 6) is -0.223. The Kier molecular flexibility index (Phi) is 4.18. The van der Waals surface area contributed by atoms with E-state index in [1.807, 2.05) is 24.3 Å². The smallest absolute Gasteiger partial charge is 0.131 e. The van der Waals surface area contributed by atoms with E-state index in [9.17, 15) is 4.39 Å². The molecule has 0 bridgehead atoms. The van der Waals surface area contributed by atoms with Crippen LogP contribution >= 0.6 is 54.8 Å².